The summed E-state index contributed by atoms with van der Waals surface area (Å²) in [6, 6.07) is 4.76. The molecule has 0 heterocycles. The highest BCUT2D eigenvalue weighted by molar-refractivity contribution is 6.35. The number of hydrogen-bond donors (Lipinski definition) is 2. The first-order valence-electron chi connectivity index (χ1n) is 7.27. The second kappa shape index (κ2) is 7.65. The van der Waals surface area contributed by atoms with E-state index in [1.165, 1.54) is 24.3 Å². The molecule has 1 rings (SSSR count). The van der Waals surface area contributed by atoms with Gasteiger partial charge < -0.3 is 15.2 Å². The summed E-state index contributed by atoms with van der Waals surface area (Å²) in [7, 11) is 0. The highest BCUT2D eigenvalue weighted by atomic mass is 19.4. The first kappa shape index (κ1) is 20.0. The number of rotatable bonds is 6. The van der Waals surface area contributed by atoms with Crippen molar-refractivity contribution in [3.05, 3.63) is 29.8 Å². The molecule has 0 saturated carbocycles. The number of nitrogens with one attached hydrogen (secondary N) is 1. The lowest BCUT2D eigenvalue weighted by atomic mass is 10.0. The van der Waals surface area contributed by atoms with Gasteiger partial charge in [0.15, 0.2) is 0 Å². The summed E-state index contributed by atoms with van der Waals surface area (Å²) in [5.41, 5.74) is 5.63. The average Bonchev–Trinajstić information content (AvgIpc) is 2.37. The normalized spacial score (nSPS) is 13.3. The Morgan fingerprint density at radius 3 is 2.21 bits per heavy atom. The molecule has 134 valence electrons. The smallest absolute Gasteiger partial charge is 0.456 e. The van der Waals surface area contributed by atoms with Crippen LogP contribution in [0.15, 0.2) is 24.3 Å². The zero-order chi connectivity index (χ0) is 18.5. The summed E-state index contributed by atoms with van der Waals surface area (Å²) in [6.45, 7) is 5.09. The fourth-order valence-corrected chi connectivity index (χ4v) is 1.89. The van der Waals surface area contributed by atoms with Crippen molar-refractivity contribution in [1.82, 2.24) is 0 Å². The van der Waals surface area contributed by atoms with Gasteiger partial charge in [-0.1, -0.05) is 12.1 Å². The van der Waals surface area contributed by atoms with Crippen LogP contribution >= 0.6 is 0 Å². The van der Waals surface area contributed by atoms with Crippen LogP contribution < -0.4 is 10.5 Å². The number of alkyl halides is 3. The lowest BCUT2D eigenvalue weighted by molar-refractivity contribution is -0.274. The Kier molecular flexibility index (Phi) is 6.36. The minimum absolute atomic E-state index is 0.00964. The molecular weight excluding hydrogens is 325 g/mol. The SMILES string of the molecule is CC(C)(C)OC(=O)C(=N)CC(N)Cc1ccc(OC(F)(F)F)cc1. The molecule has 5 nitrogen and oxygen atoms in total. The third-order valence-electron chi connectivity index (χ3n) is 2.77. The van der Waals surface area contributed by atoms with Crippen LogP contribution in [0.2, 0.25) is 0 Å². The minimum Gasteiger partial charge on any atom is -0.456 e. The minimum atomic E-state index is -4.74. The zero-order valence-corrected chi connectivity index (χ0v) is 13.7. The summed E-state index contributed by atoms with van der Waals surface area (Å²) in [5.74, 6) is -1.05. The predicted molar refractivity (Wildman–Crippen MR) is 83.0 cm³/mol. The molecule has 3 N–H and O–H groups in total. The maximum atomic E-state index is 12.1. The fourth-order valence-electron chi connectivity index (χ4n) is 1.89. The quantitative estimate of drug-likeness (QED) is 0.612. The van der Waals surface area contributed by atoms with E-state index >= 15 is 0 Å². The molecule has 8 heteroatoms. The van der Waals surface area contributed by atoms with Crippen molar-refractivity contribution in [3.63, 3.8) is 0 Å². The first-order valence-corrected chi connectivity index (χ1v) is 7.27. The van der Waals surface area contributed by atoms with Gasteiger partial charge in [0.05, 0.1) is 0 Å². The molecular formula is C16H21F3N2O3. The molecule has 1 atom stereocenters. The molecule has 0 aromatic heterocycles. The molecule has 0 radical (unpaired) electrons. The van der Waals surface area contributed by atoms with Crippen molar-refractivity contribution in [2.75, 3.05) is 0 Å². The van der Waals surface area contributed by atoms with Crippen LogP contribution in [0.5, 0.6) is 5.75 Å². The zero-order valence-electron chi connectivity index (χ0n) is 13.7. The Morgan fingerprint density at radius 1 is 1.21 bits per heavy atom. The second-order valence-corrected chi connectivity index (χ2v) is 6.34. The average molecular weight is 346 g/mol. The van der Waals surface area contributed by atoms with Crippen LogP contribution in [0, 0.1) is 5.41 Å². The second-order valence-electron chi connectivity index (χ2n) is 6.34. The van der Waals surface area contributed by atoms with Crippen molar-refractivity contribution in [1.29, 1.82) is 5.41 Å². The molecule has 24 heavy (non-hydrogen) atoms. The number of benzene rings is 1. The van der Waals surface area contributed by atoms with E-state index in [2.05, 4.69) is 4.74 Å². The standard InChI is InChI=1S/C16H21F3N2O3/c1-15(2,3)24-14(22)13(21)9-11(20)8-10-4-6-12(7-5-10)23-16(17,18)19/h4-7,11,21H,8-9,20H2,1-3H3. The van der Waals surface area contributed by atoms with E-state index in [0.29, 0.717) is 12.0 Å². The lowest BCUT2D eigenvalue weighted by Gasteiger charge is -2.20. The van der Waals surface area contributed by atoms with Gasteiger partial charge in [0, 0.05) is 12.5 Å². The Bertz CT molecular complexity index is 578. The summed E-state index contributed by atoms with van der Waals surface area (Å²) < 4.78 is 45.1. The molecule has 1 unspecified atom stereocenters. The number of halogens is 3. The van der Waals surface area contributed by atoms with Crippen LogP contribution in [0.3, 0.4) is 0 Å². The van der Waals surface area contributed by atoms with Gasteiger partial charge in [-0.25, -0.2) is 4.79 Å². The van der Waals surface area contributed by atoms with Crippen LogP contribution in [0.1, 0.15) is 32.8 Å². The van der Waals surface area contributed by atoms with Crippen molar-refractivity contribution in [3.8, 4) is 5.75 Å². The molecule has 0 aliphatic carbocycles. The molecule has 0 amide bonds. The maximum Gasteiger partial charge on any atom is 0.573 e. The van der Waals surface area contributed by atoms with Gasteiger partial charge in [-0.05, 0) is 44.9 Å². The van der Waals surface area contributed by atoms with Gasteiger partial charge in [0.2, 0.25) is 0 Å². The molecule has 0 saturated heterocycles. The third-order valence-corrected chi connectivity index (χ3v) is 2.77. The number of ether oxygens (including phenoxy) is 2. The number of carbonyl (C=O) groups is 1. The van der Waals surface area contributed by atoms with Gasteiger partial charge >= 0.3 is 12.3 Å². The molecule has 1 aromatic rings. The van der Waals surface area contributed by atoms with Crippen molar-refractivity contribution in [2.45, 2.75) is 51.6 Å². The molecule has 0 bridgehead atoms. The number of esters is 1. The van der Waals surface area contributed by atoms with Gasteiger partial charge in [-0.15, -0.1) is 13.2 Å². The number of nitrogens with two attached hydrogens (primary N) is 1. The number of hydrogen-bond acceptors (Lipinski definition) is 5. The molecule has 1 aromatic carbocycles. The maximum absolute atomic E-state index is 12.1. The first-order chi connectivity index (χ1) is 10.9. The van der Waals surface area contributed by atoms with E-state index < -0.39 is 24.0 Å². The van der Waals surface area contributed by atoms with Crippen molar-refractivity contribution >= 4 is 11.7 Å². The van der Waals surface area contributed by atoms with E-state index in [9.17, 15) is 18.0 Å². The highest BCUT2D eigenvalue weighted by Gasteiger charge is 2.31. The van der Waals surface area contributed by atoms with E-state index in [4.69, 9.17) is 15.9 Å². The van der Waals surface area contributed by atoms with Crippen LogP contribution in [-0.2, 0) is 16.0 Å². The van der Waals surface area contributed by atoms with E-state index in [1.54, 1.807) is 20.8 Å². The fraction of sp³-hybridized carbons (Fsp3) is 0.500. The van der Waals surface area contributed by atoms with Gasteiger partial charge in [0.25, 0.3) is 0 Å². The Labute approximate surface area is 138 Å². The van der Waals surface area contributed by atoms with E-state index in [-0.39, 0.29) is 17.9 Å². The largest absolute Gasteiger partial charge is 0.573 e. The Hall–Kier alpha value is -2.09. The van der Waals surface area contributed by atoms with E-state index in [0.717, 1.165) is 0 Å². The lowest BCUT2D eigenvalue weighted by Crippen LogP contribution is -2.33. The third kappa shape index (κ3) is 7.96. The molecule has 0 spiro atoms. The Balaban J connectivity index is 2.54. The van der Waals surface area contributed by atoms with Crippen LogP contribution in [0.4, 0.5) is 13.2 Å². The topological polar surface area (TPSA) is 85.4 Å². The Morgan fingerprint density at radius 2 is 1.75 bits per heavy atom. The van der Waals surface area contributed by atoms with E-state index in [1.807, 2.05) is 0 Å². The summed E-state index contributed by atoms with van der Waals surface area (Å²) in [6.07, 6.45) is -4.42. The summed E-state index contributed by atoms with van der Waals surface area (Å²) in [5, 5.41) is 7.70. The van der Waals surface area contributed by atoms with Crippen LogP contribution in [-0.4, -0.2) is 29.7 Å². The molecule has 0 aliphatic rings. The van der Waals surface area contributed by atoms with Crippen molar-refractivity contribution in [2.24, 2.45) is 5.73 Å². The predicted octanol–water partition coefficient (Wildman–Crippen LogP) is 3.21. The molecule has 0 fully saturated rings. The van der Waals surface area contributed by atoms with Crippen molar-refractivity contribution < 1.29 is 27.4 Å². The summed E-state index contributed by atoms with van der Waals surface area (Å²) in [4.78, 5) is 11.7. The summed E-state index contributed by atoms with van der Waals surface area (Å²) >= 11 is 0. The highest BCUT2D eigenvalue weighted by Crippen LogP contribution is 2.23. The molecule has 0 aliphatic heterocycles. The van der Waals surface area contributed by atoms with Gasteiger partial charge in [0.1, 0.15) is 17.1 Å². The van der Waals surface area contributed by atoms with Gasteiger partial charge in [-0.2, -0.15) is 0 Å². The number of carbonyl (C=O) groups excluding carboxylic acids is 1. The van der Waals surface area contributed by atoms with Crippen LogP contribution in [0.25, 0.3) is 0 Å². The monoisotopic (exact) mass is 346 g/mol. The van der Waals surface area contributed by atoms with Gasteiger partial charge in [-0.3, -0.25) is 5.41 Å².